The molecule has 2 amide bonds. The van der Waals surface area contributed by atoms with Crippen LogP contribution in [0.5, 0.6) is 11.5 Å². The molecule has 0 saturated carbocycles. The van der Waals surface area contributed by atoms with Crippen LogP contribution in [-0.2, 0) is 4.79 Å². The number of carbonyl (C=O) groups excluding carboxylic acids is 2. The number of hydrazone groups is 1. The van der Waals surface area contributed by atoms with Crippen molar-refractivity contribution in [2.75, 3.05) is 13.7 Å². The molecule has 7 heteroatoms. The van der Waals surface area contributed by atoms with Crippen molar-refractivity contribution in [1.82, 2.24) is 10.7 Å². The number of nitrogens with one attached hydrogen (secondary N) is 2. The highest BCUT2D eigenvalue weighted by atomic mass is 16.5. The Hall–Kier alpha value is -3.35. The Morgan fingerprint density at radius 3 is 2.54 bits per heavy atom. The average Bonchev–Trinajstić information content (AvgIpc) is 2.61. The van der Waals surface area contributed by atoms with Gasteiger partial charge in [-0.2, -0.15) is 5.10 Å². The molecule has 0 bridgehead atoms. The molecule has 2 aromatic rings. The monoisotopic (exact) mass is 327 g/mol. The van der Waals surface area contributed by atoms with Crippen LogP contribution in [0.25, 0.3) is 0 Å². The number of nitrogens with zero attached hydrogens (tertiary/aromatic N) is 1. The zero-order chi connectivity index (χ0) is 17.4. The molecule has 0 unspecified atom stereocenters. The van der Waals surface area contributed by atoms with Crippen molar-refractivity contribution in [2.24, 2.45) is 5.10 Å². The van der Waals surface area contributed by atoms with Gasteiger partial charge in [-0.1, -0.05) is 12.1 Å². The SMILES string of the molecule is COc1ccc(C(=O)NCC(=O)N/N=C\c2ccccc2O)cc1. The zero-order valence-electron chi connectivity index (χ0n) is 13.0. The third-order valence-electron chi connectivity index (χ3n) is 3.09. The van der Waals surface area contributed by atoms with Gasteiger partial charge in [0.2, 0.25) is 0 Å². The van der Waals surface area contributed by atoms with E-state index in [4.69, 9.17) is 4.74 Å². The highest BCUT2D eigenvalue weighted by Crippen LogP contribution is 2.12. The summed E-state index contributed by atoms with van der Waals surface area (Å²) in [5.41, 5.74) is 3.16. The Balaban J connectivity index is 1.80. The maximum atomic E-state index is 11.9. The molecule has 0 fully saturated rings. The molecule has 0 heterocycles. The van der Waals surface area contributed by atoms with E-state index < -0.39 is 5.91 Å². The van der Waals surface area contributed by atoms with E-state index in [1.54, 1.807) is 42.5 Å². The molecule has 124 valence electrons. The summed E-state index contributed by atoms with van der Waals surface area (Å²) in [6.45, 7) is -0.219. The maximum absolute atomic E-state index is 11.9. The van der Waals surface area contributed by atoms with Crippen LogP contribution in [0.3, 0.4) is 0 Å². The minimum Gasteiger partial charge on any atom is -0.507 e. The molecule has 0 spiro atoms. The van der Waals surface area contributed by atoms with Crippen LogP contribution in [0, 0.1) is 0 Å². The van der Waals surface area contributed by atoms with Crippen molar-refractivity contribution < 1.29 is 19.4 Å². The predicted molar refractivity (Wildman–Crippen MR) is 89.2 cm³/mol. The van der Waals surface area contributed by atoms with Crippen LogP contribution >= 0.6 is 0 Å². The summed E-state index contributed by atoms with van der Waals surface area (Å²) in [6, 6.07) is 13.1. The number of para-hydroxylation sites is 1. The van der Waals surface area contributed by atoms with Crippen molar-refractivity contribution in [2.45, 2.75) is 0 Å². The standard InChI is InChI=1S/C17H17N3O4/c1-24-14-8-6-12(7-9-14)17(23)18-11-16(22)20-19-10-13-4-2-3-5-15(13)21/h2-10,21H,11H2,1H3,(H,18,23)(H,20,22)/b19-10-. The van der Waals surface area contributed by atoms with Crippen molar-refractivity contribution >= 4 is 18.0 Å². The number of aromatic hydroxyl groups is 1. The first-order chi connectivity index (χ1) is 11.6. The molecule has 0 aromatic heterocycles. The predicted octanol–water partition coefficient (Wildman–Crippen LogP) is 1.28. The van der Waals surface area contributed by atoms with Crippen LogP contribution in [0.4, 0.5) is 0 Å². The summed E-state index contributed by atoms with van der Waals surface area (Å²) in [6.07, 6.45) is 1.32. The Bertz CT molecular complexity index is 742. The van der Waals surface area contributed by atoms with Crippen LogP contribution in [0.15, 0.2) is 53.6 Å². The molecule has 0 aliphatic carbocycles. The number of ether oxygens (including phenoxy) is 1. The van der Waals surface area contributed by atoms with Gasteiger partial charge in [0.05, 0.1) is 19.9 Å². The second-order valence-electron chi connectivity index (χ2n) is 4.76. The Morgan fingerprint density at radius 1 is 1.17 bits per heavy atom. The van der Waals surface area contributed by atoms with Gasteiger partial charge in [0.25, 0.3) is 11.8 Å². The number of rotatable bonds is 6. The van der Waals surface area contributed by atoms with E-state index >= 15 is 0 Å². The lowest BCUT2D eigenvalue weighted by molar-refractivity contribution is -0.120. The van der Waals surface area contributed by atoms with Crippen molar-refractivity contribution in [1.29, 1.82) is 0 Å². The first-order valence-corrected chi connectivity index (χ1v) is 7.12. The van der Waals surface area contributed by atoms with Crippen LogP contribution in [0.1, 0.15) is 15.9 Å². The normalized spacial score (nSPS) is 10.4. The van der Waals surface area contributed by atoms with Gasteiger partial charge >= 0.3 is 0 Å². The molecule has 0 radical (unpaired) electrons. The summed E-state index contributed by atoms with van der Waals surface area (Å²) >= 11 is 0. The summed E-state index contributed by atoms with van der Waals surface area (Å²) in [5, 5.41) is 15.7. The number of methoxy groups -OCH3 is 1. The van der Waals surface area contributed by atoms with Gasteiger partial charge in [0.1, 0.15) is 11.5 Å². The number of carbonyl (C=O) groups is 2. The molecular formula is C17H17N3O4. The third-order valence-corrected chi connectivity index (χ3v) is 3.09. The van der Waals surface area contributed by atoms with E-state index in [-0.39, 0.29) is 18.2 Å². The number of hydrogen-bond acceptors (Lipinski definition) is 5. The molecule has 7 nitrogen and oxygen atoms in total. The van der Waals surface area contributed by atoms with E-state index in [1.807, 2.05) is 0 Å². The largest absolute Gasteiger partial charge is 0.507 e. The summed E-state index contributed by atoms with van der Waals surface area (Å²) in [7, 11) is 1.54. The van der Waals surface area contributed by atoms with E-state index in [0.717, 1.165) is 0 Å². The van der Waals surface area contributed by atoms with Gasteiger partial charge in [-0.15, -0.1) is 0 Å². The first-order valence-electron chi connectivity index (χ1n) is 7.12. The third kappa shape index (κ3) is 4.84. The molecule has 2 aromatic carbocycles. The second kappa shape index (κ2) is 8.33. The Morgan fingerprint density at radius 2 is 1.88 bits per heavy atom. The molecule has 2 rings (SSSR count). The van der Waals surface area contributed by atoms with E-state index in [1.165, 1.54) is 19.4 Å². The lowest BCUT2D eigenvalue weighted by Gasteiger charge is -2.05. The lowest BCUT2D eigenvalue weighted by atomic mass is 10.2. The smallest absolute Gasteiger partial charge is 0.259 e. The highest BCUT2D eigenvalue weighted by Gasteiger charge is 2.07. The Labute approximate surface area is 139 Å². The number of benzene rings is 2. The molecule has 3 N–H and O–H groups in total. The average molecular weight is 327 g/mol. The second-order valence-corrected chi connectivity index (χ2v) is 4.76. The summed E-state index contributed by atoms with van der Waals surface area (Å²) in [5.74, 6) is -0.160. The number of phenols is 1. The zero-order valence-corrected chi connectivity index (χ0v) is 13.0. The molecular weight excluding hydrogens is 310 g/mol. The summed E-state index contributed by atoms with van der Waals surface area (Å²) in [4.78, 5) is 23.5. The Kier molecular flexibility index (Phi) is 5.90. The molecule has 0 atom stereocenters. The van der Waals surface area contributed by atoms with Crippen molar-refractivity contribution in [3.05, 3.63) is 59.7 Å². The van der Waals surface area contributed by atoms with Gasteiger partial charge in [0, 0.05) is 11.1 Å². The molecule has 24 heavy (non-hydrogen) atoms. The van der Waals surface area contributed by atoms with E-state index in [9.17, 15) is 14.7 Å². The fourth-order valence-corrected chi connectivity index (χ4v) is 1.82. The summed E-state index contributed by atoms with van der Waals surface area (Å²) < 4.78 is 5.01. The highest BCUT2D eigenvalue weighted by molar-refractivity contribution is 5.96. The fourth-order valence-electron chi connectivity index (χ4n) is 1.82. The molecule has 0 aliphatic rings. The van der Waals surface area contributed by atoms with Crippen molar-refractivity contribution in [3.63, 3.8) is 0 Å². The van der Waals surface area contributed by atoms with Crippen molar-refractivity contribution in [3.8, 4) is 11.5 Å². The topological polar surface area (TPSA) is 100 Å². The molecule has 0 saturated heterocycles. The maximum Gasteiger partial charge on any atom is 0.259 e. The van der Waals surface area contributed by atoms with Gasteiger partial charge in [-0.25, -0.2) is 5.43 Å². The van der Waals surface area contributed by atoms with Crippen LogP contribution in [-0.4, -0.2) is 36.8 Å². The van der Waals surface area contributed by atoms with Crippen LogP contribution in [0.2, 0.25) is 0 Å². The molecule has 0 aliphatic heterocycles. The fraction of sp³-hybridized carbons (Fsp3) is 0.118. The van der Waals surface area contributed by atoms with Gasteiger partial charge in [-0.05, 0) is 36.4 Å². The quantitative estimate of drug-likeness (QED) is 0.549. The van der Waals surface area contributed by atoms with Gasteiger partial charge in [-0.3, -0.25) is 9.59 Å². The van der Waals surface area contributed by atoms with Crippen LogP contribution < -0.4 is 15.5 Å². The number of phenolic OH excluding ortho intramolecular Hbond substituents is 1. The number of hydrogen-bond donors (Lipinski definition) is 3. The number of amides is 2. The van der Waals surface area contributed by atoms with E-state index in [2.05, 4.69) is 15.8 Å². The lowest BCUT2D eigenvalue weighted by Crippen LogP contribution is -2.34. The van der Waals surface area contributed by atoms with Gasteiger partial charge in [0.15, 0.2) is 0 Å². The van der Waals surface area contributed by atoms with Gasteiger partial charge < -0.3 is 15.2 Å². The first kappa shape index (κ1) is 17.0. The minimum absolute atomic E-state index is 0.0586. The van der Waals surface area contributed by atoms with E-state index in [0.29, 0.717) is 16.9 Å². The minimum atomic E-state index is -0.483.